The minimum absolute atomic E-state index is 0.198. The molecule has 7 heteroatoms. The zero-order valence-corrected chi connectivity index (χ0v) is 10.2. The van der Waals surface area contributed by atoms with Crippen molar-refractivity contribution in [1.29, 1.82) is 0 Å². The summed E-state index contributed by atoms with van der Waals surface area (Å²) in [5, 5.41) is 0. The number of esters is 4. The van der Waals surface area contributed by atoms with E-state index in [0.29, 0.717) is 0 Å². The molecule has 2 rings (SSSR count). The van der Waals surface area contributed by atoms with Crippen molar-refractivity contribution in [2.45, 2.75) is 12.5 Å². The lowest BCUT2D eigenvalue weighted by Gasteiger charge is -2.20. The van der Waals surface area contributed by atoms with E-state index in [2.05, 4.69) is 14.2 Å². The van der Waals surface area contributed by atoms with Gasteiger partial charge in [-0.2, -0.15) is 0 Å². The molecule has 1 aliphatic rings. The van der Waals surface area contributed by atoms with Gasteiger partial charge in [-0.1, -0.05) is 18.2 Å². The average Bonchev–Trinajstić information content (AvgIpc) is 2.43. The summed E-state index contributed by atoms with van der Waals surface area (Å²) < 4.78 is 13.7. The maximum Gasteiger partial charge on any atom is 0.348 e. The summed E-state index contributed by atoms with van der Waals surface area (Å²) in [5.41, 5.74) is 0.198. The molecule has 0 amide bonds. The molecule has 0 spiro atoms. The van der Waals surface area contributed by atoms with Crippen LogP contribution in [0.2, 0.25) is 0 Å². The van der Waals surface area contributed by atoms with Gasteiger partial charge in [-0.25, -0.2) is 14.4 Å². The van der Waals surface area contributed by atoms with Crippen molar-refractivity contribution >= 4 is 23.9 Å². The van der Waals surface area contributed by atoms with Gasteiger partial charge in [0.15, 0.2) is 6.61 Å². The van der Waals surface area contributed by atoms with E-state index in [1.807, 2.05) is 0 Å². The van der Waals surface area contributed by atoms with Gasteiger partial charge in [0.25, 0.3) is 0 Å². The summed E-state index contributed by atoms with van der Waals surface area (Å²) in [7, 11) is 0. The number of ether oxygens (including phenoxy) is 3. The molecule has 1 aromatic carbocycles. The van der Waals surface area contributed by atoms with E-state index in [9.17, 15) is 19.2 Å². The molecule has 1 fully saturated rings. The summed E-state index contributed by atoms with van der Waals surface area (Å²) in [6, 6.07) is 7.88. The first-order valence-electron chi connectivity index (χ1n) is 5.72. The summed E-state index contributed by atoms with van der Waals surface area (Å²) in [4.78, 5) is 45.2. The molecule has 1 atom stereocenters. The van der Waals surface area contributed by atoms with E-state index in [1.165, 1.54) is 12.1 Å². The van der Waals surface area contributed by atoms with Crippen molar-refractivity contribution < 1.29 is 33.4 Å². The number of carbonyl (C=O) groups is 4. The normalized spacial score (nSPS) is 17.9. The van der Waals surface area contributed by atoms with Crippen molar-refractivity contribution in [2.75, 3.05) is 6.61 Å². The smallest absolute Gasteiger partial charge is 0.348 e. The average molecular weight is 278 g/mol. The molecule has 7 nitrogen and oxygen atoms in total. The van der Waals surface area contributed by atoms with Crippen molar-refractivity contribution in [3.63, 3.8) is 0 Å². The van der Waals surface area contributed by atoms with Crippen LogP contribution in [-0.4, -0.2) is 36.6 Å². The zero-order valence-electron chi connectivity index (χ0n) is 10.2. The van der Waals surface area contributed by atoms with Crippen LogP contribution in [0.5, 0.6) is 0 Å². The molecule has 0 aliphatic carbocycles. The Labute approximate surface area is 113 Å². The van der Waals surface area contributed by atoms with Gasteiger partial charge in [-0.05, 0) is 12.1 Å². The molecule has 1 saturated heterocycles. The number of hydrogen-bond acceptors (Lipinski definition) is 7. The largest absolute Gasteiger partial charge is 0.451 e. The third kappa shape index (κ3) is 3.41. The first-order valence-corrected chi connectivity index (χ1v) is 5.72. The van der Waals surface area contributed by atoms with Gasteiger partial charge < -0.3 is 14.2 Å². The number of cyclic esters (lactones) is 2. The number of rotatable bonds is 3. The minimum Gasteiger partial charge on any atom is -0.451 e. The molecule has 0 N–H and O–H groups in total. The molecule has 0 bridgehead atoms. The van der Waals surface area contributed by atoms with Gasteiger partial charge in [0.05, 0.1) is 12.0 Å². The Kier molecular flexibility index (Phi) is 4.09. The first kappa shape index (κ1) is 13.7. The topological polar surface area (TPSA) is 96.0 Å². The summed E-state index contributed by atoms with van der Waals surface area (Å²) >= 11 is 0. The number of benzene rings is 1. The van der Waals surface area contributed by atoms with Gasteiger partial charge in [-0.15, -0.1) is 0 Å². The lowest BCUT2D eigenvalue weighted by atomic mass is 10.2. The van der Waals surface area contributed by atoms with Gasteiger partial charge in [0.2, 0.25) is 6.10 Å². The van der Waals surface area contributed by atoms with Gasteiger partial charge in [0.1, 0.15) is 0 Å². The SMILES string of the molecule is O=C(C[C@@H]1OC(=O)COC1=O)OC(=O)c1ccccc1. The Morgan fingerprint density at radius 2 is 1.90 bits per heavy atom. The van der Waals surface area contributed by atoms with E-state index >= 15 is 0 Å². The molecule has 0 saturated carbocycles. The second-order valence-electron chi connectivity index (χ2n) is 3.92. The molecular weight excluding hydrogens is 268 g/mol. The molecule has 0 unspecified atom stereocenters. The predicted molar refractivity (Wildman–Crippen MR) is 62.3 cm³/mol. The van der Waals surface area contributed by atoms with Crippen molar-refractivity contribution in [3.05, 3.63) is 35.9 Å². The minimum atomic E-state index is -1.37. The maximum absolute atomic E-state index is 11.6. The van der Waals surface area contributed by atoms with Crippen LogP contribution < -0.4 is 0 Å². The Morgan fingerprint density at radius 1 is 1.20 bits per heavy atom. The maximum atomic E-state index is 11.6. The fourth-order valence-corrected chi connectivity index (χ4v) is 1.52. The van der Waals surface area contributed by atoms with Crippen molar-refractivity contribution in [2.24, 2.45) is 0 Å². The van der Waals surface area contributed by atoms with Crippen molar-refractivity contribution in [3.8, 4) is 0 Å². The van der Waals surface area contributed by atoms with Crippen LogP contribution >= 0.6 is 0 Å². The van der Waals surface area contributed by atoms with E-state index in [1.54, 1.807) is 18.2 Å². The molecule has 1 aromatic rings. The summed E-state index contributed by atoms with van der Waals surface area (Å²) in [6.45, 7) is -0.479. The highest BCUT2D eigenvalue weighted by Crippen LogP contribution is 2.10. The molecule has 104 valence electrons. The van der Waals surface area contributed by atoms with Crippen LogP contribution in [-0.2, 0) is 28.6 Å². The fourth-order valence-electron chi connectivity index (χ4n) is 1.52. The quantitative estimate of drug-likeness (QED) is 0.443. The van der Waals surface area contributed by atoms with E-state index in [-0.39, 0.29) is 5.56 Å². The molecule has 0 radical (unpaired) electrons. The highest BCUT2D eigenvalue weighted by molar-refractivity contribution is 5.98. The Hall–Kier alpha value is -2.70. The number of carbonyl (C=O) groups excluding carboxylic acids is 4. The van der Waals surface area contributed by atoms with Gasteiger partial charge >= 0.3 is 23.9 Å². The second kappa shape index (κ2) is 5.96. The predicted octanol–water partition coefficient (Wildman–Crippen LogP) is 0.229. The monoisotopic (exact) mass is 278 g/mol. The highest BCUT2D eigenvalue weighted by Gasteiger charge is 2.33. The highest BCUT2D eigenvalue weighted by atomic mass is 16.6. The third-order valence-electron chi connectivity index (χ3n) is 2.44. The van der Waals surface area contributed by atoms with Gasteiger partial charge in [-0.3, -0.25) is 4.79 Å². The summed E-state index contributed by atoms with van der Waals surface area (Å²) in [5.74, 6) is -3.41. The molecule has 1 heterocycles. The van der Waals surface area contributed by atoms with E-state index in [0.717, 1.165) is 0 Å². The molecule has 1 aliphatic heterocycles. The van der Waals surface area contributed by atoms with Crippen molar-refractivity contribution in [1.82, 2.24) is 0 Å². The van der Waals surface area contributed by atoms with Crippen LogP contribution in [0.4, 0.5) is 0 Å². The lowest BCUT2D eigenvalue weighted by molar-refractivity contribution is -0.186. The van der Waals surface area contributed by atoms with Gasteiger partial charge in [0, 0.05) is 0 Å². The second-order valence-corrected chi connectivity index (χ2v) is 3.92. The van der Waals surface area contributed by atoms with Crippen LogP contribution in [0.15, 0.2) is 30.3 Å². The van der Waals surface area contributed by atoms with E-state index < -0.39 is 43.0 Å². The molecule has 0 aromatic heterocycles. The fraction of sp³-hybridized carbons (Fsp3) is 0.231. The molecule has 20 heavy (non-hydrogen) atoms. The number of hydrogen-bond donors (Lipinski definition) is 0. The summed E-state index contributed by atoms with van der Waals surface area (Å²) in [6.07, 6.45) is -1.93. The lowest BCUT2D eigenvalue weighted by Crippen LogP contribution is -2.39. The zero-order chi connectivity index (χ0) is 14.5. The van der Waals surface area contributed by atoms with Crippen LogP contribution in [0.1, 0.15) is 16.8 Å². The van der Waals surface area contributed by atoms with Crippen LogP contribution in [0, 0.1) is 0 Å². The van der Waals surface area contributed by atoms with Crippen LogP contribution in [0.25, 0.3) is 0 Å². The first-order chi connectivity index (χ1) is 9.56. The standard InChI is InChI=1S/C13H10O7/c14-10(6-9-13(17)18-7-11(15)19-9)20-12(16)8-4-2-1-3-5-8/h1-5,9H,6-7H2/t9-/m0/s1. The third-order valence-corrected chi connectivity index (χ3v) is 2.44. The Balaban J connectivity index is 1.91. The van der Waals surface area contributed by atoms with Crippen LogP contribution in [0.3, 0.4) is 0 Å². The molecular formula is C13H10O7. The van der Waals surface area contributed by atoms with E-state index in [4.69, 9.17) is 0 Å². The Bertz CT molecular complexity index is 549. The Morgan fingerprint density at radius 3 is 2.60 bits per heavy atom.